The molecule has 5 rings (SSSR count). The molecule has 0 aliphatic carbocycles. The average Bonchev–Trinajstić information content (AvgIpc) is 2.93. The van der Waals surface area contributed by atoms with Gasteiger partial charge in [0.2, 0.25) is 5.91 Å². The number of hydrogen-bond acceptors (Lipinski definition) is 6. The van der Waals surface area contributed by atoms with Crippen LogP contribution in [0.15, 0.2) is 83.4 Å². The van der Waals surface area contributed by atoms with Crippen molar-refractivity contribution in [2.75, 3.05) is 24.6 Å². The molecule has 0 spiro atoms. The quantitative estimate of drug-likeness (QED) is 0.391. The van der Waals surface area contributed by atoms with Crippen molar-refractivity contribution in [2.45, 2.75) is 18.9 Å². The van der Waals surface area contributed by atoms with Crippen molar-refractivity contribution in [3.05, 3.63) is 99.5 Å². The third kappa shape index (κ3) is 4.88. The zero-order valence-electron chi connectivity index (χ0n) is 19.7. The highest BCUT2D eigenvalue weighted by atomic mass is 35.5. The number of nitriles is 1. The van der Waals surface area contributed by atoms with Gasteiger partial charge < -0.3 is 14.4 Å². The lowest BCUT2D eigenvalue weighted by atomic mass is 9.86. The van der Waals surface area contributed by atoms with Crippen molar-refractivity contribution in [1.82, 2.24) is 4.90 Å². The summed E-state index contributed by atoms with van der Waals surface area (Å²) >= 11 is 7.74. The van der Waals surface area contributed by atoms with Crippen LogP contribution in [0, 0.1) is 11.3 Å². The van der Waals surface area contributed by atoms with Crippen LogP contribution in [0.3, 0.4) is 0 Å². The van der Waals surface area contributed by atoms with Crippen molar-refractivity contribution >= 4 is 35.0 Å². The zero-order chi connectivity index (χ0) is 25.1. The lowest BCUT2D eigenvalue weighted by molar-refractivity contribution is -0.129. The van der Waals surface area contributed by atoms with E-state index in [-0.39, 0.29) is 18.2 Å². The highest BCUT2D eigenvalue weighted by molar-refractivity contribution is 8.03. The van der Waals surface area contributed by atoms with Gasteiger partial charge in [0, 0.05) is 28.6 Å². The number of amides is 1. The first kappa shape index (κ1) is 24.1. The molecule has 3 aromatic rings. The van der Waals surface area contributed by atoms with Crippen LogP contribution < -0.4 is 14.4 Å². The molecule has 1 saturated heterocycles. The van der Waals surface area contributed by atoms with Crippen LogP contribution in [-0.4, -0.2) is 30.5 Å². The fourth-order valence-corrected chi connectivity index (χ4v) is 5.73. The molecule has 1 fully saturated rings. The molecule has 0 radical (unpaired) electrons. The van der Waals surface area contributed by atoms with Gasteiger partial charge in [-0.25, -0.2) is 0 Å². The van der Waals surface area contributed by atoms with Gasteiger partial charge in [-0.05, 0) is 48.0 Å². The third-order valence-electron chi connectivity index (χ3n) is 6.37. The summed E-state index contributed by atoms with van der Waals surface area (Å²) in [6, 6.07) is 25.4. The number of halogens is 1. The molecule has 0 aromatic heterocycles. The van der Waals surface area contributed by atoms with Crippen LogP contribution in [-0.2, 0) is 11.4 Å². The van der Waals surface area contributed by atoms with Gasteiger partial charge in [0.1, 0.15) is 18.1 Å². The first-order valence-corrected chi connectivity index (χ1v) is 12.9. The van der Waals surface area contributed by atoms with Crippen LogP contribution in [0.4, 0.5) is 5.69 Å². The predicted octanol–water partition coefficient (Wildman–Crippen LogP) is 6.15. The van der Waals surface area contributed by atoms with Gasteiger partial charge in [0.25, 0.3) is 0 Å². The summed E-state index contributed by atoms with van der Waals surface area (Å²) in [4.78, 5) is 17.0. The minimum atomic E-state index is -0.272. The Balaban J connectivity index is 1.32. The summed E-state index contributed by atoms with van der Waals surface area (Å²) in [7, 11) is 1.64. The smallest absolute Gasteiger partial charge is 0.229 e. The summed E-state index contributed by atoms with van der Waals surface area (Å²) in [5.74, 6) is 1.88. The SMILES string of the molecule is COc1ccc(N2CSC3=C(C#N)[C@H](c4ccc(OCc5ccccc5Cl)cc4)CC(=O)N3C2)cc1. The number of allylic oxidation sites excluding steroid dienone is 1. The van der Waals surface area contributed by atoms with E-state index in [2.05, 4.69) is 11.0 Å². The number of nitrogens with zero attached hydrogens (tertiary/aromatic N) is 3. The Kier molecular flexibility index (Phi) is 7.08. The van der Waals surface area contributed by atoms with Crippen LogP contribution >= 0.6 is 23.4 Å². The second kappa shape index (κ2) is 10.6. The number of ether oxygens (including phenoxy) is 2. The molecule has 0 N–H and O–H groups in total. The summed E-state index contributed by atoms with van der Waals surface area (Å²) in [5, 5.41) is 11.5. The Morgan fingerprint density at radius 1 is 1.06 bits per heavy atom. The molecule has 6 nitrogen and oxygen atoms in total. The van der Waals surface area contributed by atoms with E-state index in [1.54, 1.807) is 12.0 Å². The largest absolute Gasteiger partial charge is 0.497 e. The number of benzene rings is 3. The second-order valence-corrected chi connectivity index (χ2v) is 9.85. The molecule has 2 heterocycles. The van der Waals surface area contributed by atoms with Gasteiger partial charge in [-0.3, -0.25) is 9.69 Å². The Bertz CT molecular complexity index is 1340. The van der Waals surface area contributed by atoms with E-state index in [9.17, 15) is 10.1 Å². The monoisotopic (exact) mass is 517 g/mol. The molecule has 2 aliphatic rings. The van der Waals surface area contributed by atoms with Crippen molar-refractivity contribution in [3.63, 3.8) is 0 Å². The molecule has 0 unspecified atom stereocenters. The van der Waals surface area contributed by atoms with Crippen LogP contribution in [0.25, 0.3) is 0 Å². The van der Waals surface area contributed by atoms with Crippen molar-refractivity contribution in [2.24, 2.45) is 0 Å². The second-order valence-electron chi connectivity index (χ2n) is 8.51. The normalized spacial score (nSPS) is 17.5. The minimum Gasteiger partial charge on any atom is -0.497 e. The van der Waals surface area contributed by atoms with Crippen molar-refractivity contribution in [3.8, 4) is 17.6 Å². The number of rotatable bonds is 6. The molecule has 36 heavy (non-hydrogen) atoms. The summed E-state index contributed by atoms with van der Waals surface area (Å²) in [6.45, 7) is 0.783. The maximum atomic E-state index is 13.2. The molecule has 0 bridgehead atoms. The maximum absolute atomic E-state index is 13.2. The van der Waals surface area contributed by atoms with E-state index in [0.29, 0.717) is 35.5 Å². The van der Waals surface area contributed by atoms with Crippen molar-refractivity contribution in [1.29, 1.82) is 5.26 Å². The van der Waals surface area contributed by atoms with E-state index in [1.165, 1.54) is 11.8 Å². The van der Waals surface area contributed by atoms with Gasteiger partial charge in [-0.15, -0.1) is 0 Å². The van der Waals surface area contributed by atoms with Gasteiger partial charge in [-0.2, -0.15) is 5.26 Å². The molecule has 182 valence electrons. The van der Waals surface area contributed by atoms with Gasteiger partial charge in [0.15, 0.2) is 0 Å². The van der Waals surface area contributed by atoms with Crippen LogP contribution in [0.5, 0.6) is 11.5 Å². The Morgan fingerprint density at radius 3 is 2.47 bits per heavy atom. The maximum Gasteiger partial charge on any atom is 0.229 e. The first-order valence-electron chi connectivity index (χ1n) is 11.5. The molecule has 1 amide bonds. The fraction of sp³-hybridized carbons (Fsp3) is 0.214. The molecular weight excluding hydrogens is 494 g/mol. The Morgan fingerprint density at radius 2 is 1.78 bits per heavy atom. The summed E-state index contributed by atoms with van der Waals surface area (Å²) in [5.41, 5.74) is 3.48. The standard InChI is InChI=1S/C28H24ClN3O3S/c1-34-22-12-8-21(9-13-22)31-17-32-27(33)14-24(25(15-30)28(32)36-18-31)19-6-10-23(11-7-19)35-16-20-4-2-3-5-26(20)29/h2-13,24H,14,16-18H2,1H3/t24-/m0/s1. The van der Waals surface area contributed by atoms with E-state index < -0.39 is 0 Å². The van der Waals surface area contributed by atoms with E-state index in [4.69, 9.17) is 21.1 Å². The average molecular weight is 518 g/mol. The molecule has 8 heteroatoms. The predicted molar refractivity (Wildman–Crippen MR) is 142 cm³/mol. The van der Waals surface area contributed by atoms with Gasteiger partial charge in [-0.1, -0.05) is 53.7 Å². The lowest BCUT2D eigenvalue weighted by Gasteiger charge is -2.42. The Hall–Kier alpha value is -3.60. The number of fused-ring (bicyclic) bond motifs is 1. The van der Waals surface area contributed by atoms with Gasteiger partial charge >= 0.3 is 0 Å². The number of carbonyl (C=O) groups excluding carboxylic acids is 1. The molecule has 0 saturated carbocycles. The third-order valence-corrected chi connectivity index (χ3v) is 7.89. The zero-order valence-corrected chi connectivity index (χ0v) is 21.3. The number of carbonyl (C=O) groups is 1. The number of anilines is 1. The molecule has 2 aliphatic heterocycles. The Labute approximate surface area is 219 Å². The lowest BCUT2D eigenvalue weighted by Crippen LogP contribution is -2.47. The van der Waals surface area contributed by atoms with Crippen LogP contribution in [0.2, 0.25) is 5.02 Å². The van der Waals surface area contributed by atoms with Crippen molar-refractivity contribution < 1.29 is 14.3 Å². The van der Waals surface area contributed by atoms with E-state index in [1.807, 2.05) is 72.8 Å². The molecule has 1 atom stereocenters. The molecular formula is C28H24ClN3O3S. The van der Waals surface area contributed by atoms with E-state index in [0.717, 1.165) is 27.6 Å². The number of methoxy groups -OCH3 is 1. The summed E-state index contributed by atoms with van der Waals surface area (Å²) in [6.07, 6.45) is 0.253. The minimum absolute atomic E-state index is 0.0127. The van der Waals surface area contributed by atoms with E-state index >= 15 is 0 Å². The first-order chi connectivity index (χ1) is 17.6. The number of thioether (sulfide) groups is 1. The highest BCUT2D eigenvalue weighted by Gasteiger charge is 2.38. The topological polar surface area (TPSA) is 65.8 Å². The van der Waals surface area contributed by atoms with Crippen LogP contribution in [0.1, 0.15) is 23.5 Å². The highest BCUT2D eigenvalue weighted by Crippen LogP contribution is 2.43. The fourth-order valence-electron chi connectivity index (χ4n) is 4.38. The molecule has 3 aromatic carbocycles. The van der Waals surface area contributed by atoms with Gasteiger partial charge in [0.05, 0.1) is 36.3 Å². The number of hydrogen-bond donors (Lipinski definition) is 0. The summed E-state index contributed by atoms with van der Waals surface area (Å²) < 4.78 is 11.1.